The van der Waals surface area contributed by atoms with Crippen molar-refractivity contribution in [2.75, 3.05) is 26.5 Å². The first-order chi connectivity index (χ1) is 7.98. The number of aromatic nitrogens is 3. The van der Waals surface area contributed by atoms with E-state index in [2.05, 4.69) is 10.2 Å². The van der Waals surface area contributed by atoms with Crippen LogP contribution in [0.25, 0.3) is 0 Å². The molecule has 0 spiro atoms. The smallest absolute Gasteiger partial charge is 0.211 e. The number of ether oxygens (including phenoxy) is 1. The van der Waals surface area contributed by atoms with Gasteiger partial charge in [-0.05, 0) is 0 Å². The molecule has 0 aliphatic carbocycles. The molecule has 0 unspecified atom stereocenters. The van der Waals surface area contributed by atoms with Gasteiger partial charge in [0, 0.05) is 20.0 Å². The SMILES string of the molecule is CN(Cc1nnc2n1CCOCC2)S(C)(=O)=O. The van der Waals surface area contributed by atoms with Gasteiger partial charge in [-0.25, -0.2) is 8.42 Å². The summed E-state index contributed by atoms with van der Waals surface area (Å²) in [6, 6.07) is 0. The van der Waals surface area contributed by atoms with Crippen LogP contribution in [0, 0.1) is 0 Å². The molecule has 1 aliphatic rings. The largest absolute Gasteiger partial charge is 0.379 e. The van der Waals surface area contributed by atoms with Crippen LogP contribution in [-0.2, 0) is 34.3 Å². The zero-order valence-corrected chi connectivity index (χ0v) is 10.8. The van der Waals surface area contributed by atoms with Crippen LogP contribution in [0.2, 0.25) is 0 Å². The molecule has 0 atom stereocenters. The first-order valence-corrected chi connectivity index (χ1v) is 7.23. The monoisotopic (exact) mass is 260 g/mol. The van der Waals surface area contributed by atoms with Crippen molar-refractivity contribution in [1.29, 1.82) is 0 Å². The maximum Gasteiger partial charge on any atom is 0.211 e. The Morgan fingerprint density at radius 3 is 2.88 bits per heavy atom. The van der Waals surface area contributed by atoms with Crippen LogP contribution in [0.1, 0.15) is 11.6 Å². The Morgan fingerprint density at radius 2 is 2.18 bits per heavy atom. The fourth-order valence-corrected chi connectivity index (χ4v) is 2.02. The fourth-order valence-electron chi connectivity index (χ4n) is 1.67. The molecule has 7 nitrogen and oxygen atoms in total. The van der Waals surface area contributed by atoms with E-state index in [0.717, 1.165) is 12.2 Å². The van der Waals surface area contributed by atoms with Crippen molar-refractivity contribution in [1.82, 2.24) is 19.1 Å². The van der Waals surface area contributed by atoms with E-state index in [0.29, 0.717) is 25.6 Å². The van der Waals surface area contributed by atoms with Gasteiger partial charge in [-0.15, -0.1) is 10.2 Å². The Labute approximate surface area is 100 Å². The lowest BCUT2D eigenvalue weighted by molar-refractivity contribution is 0.139. The minimum Gasteiger partial charge on any atom is -0.379 e. The van der Waals surface area contributed by atoms with Crippen molar-refractivity contribution in [2.45, 2.75) is 19.5 Å². The van der Waals surface area contributed by atoms with E-state index >= 15 is 0 Å². The van der Waals surface area contributed by atoms with Gasteiger partial charge >= 0.3 is 0 Å². The maximum atomic E-state index is 11.3. The average molecular weight is 260 g/mol. The molecule has 0 bridgehead atoms. The summed E-state index contributed by atoms with van der Waals surface area (Å²) in [4.78, 5) is 0. The van der Waals surface area contributed by atoms with Crippen molar-refractivity contribution in [2.24, 2.45) is 0 Å². The minimum atomic E-state index is -3.19. The number of rotatable bonds is 3. The number of sulfonamides is 1. The molecule has 96 valence electrons. The van der Waals surface area contributed by atoms with Crippen LogP contribution in [0.15, 0.2) is 0 Å². The lowest BCUT2D eigenvalue weighted by Crippen LogP contribution is -2.27. The highest BCUT2D eigenvalue weighted by Crippen LogP contribution is 2.10. The number of nitrogens with zero attached hydrogens (tertiary/aromatic N) is 4. The Hall–Kier alpha value is -0.990. The number of fused-ring (bicyclic) bond motifs is 1. The summed E-state index contributed by atoms with van der Waals surface area (Å²) in [7, 11) is -1.66. The van der Waals surface area contributed by atoms with Gasteiger partial charge in [0.2, 0.25) is 10.0 Å². The molecular weight excluding hydrogens is 244 g/mol. The fraction of sp³-hybridized carbons (Fsp3) is 0.778. The first-order valence-electron chi connectivity index (χ1n) is 5.38. The van der Waals surface area contributed by atoms with Crippen LogP contribution in [0.3, 0.4) is 0 Å². The topological polar surface area (TPSA) is 77.3 Å². The zero-order valence-electron chi connectivity index (χ0n) is 9.96. The summed E-state index contributed by atoms with van der Waals surface area (Å²) < 4.78 is 31.2. The predicted molar refractivity (Wildman–Crippen MR) is 60.9 cm³/mol. The van der Waals surface area contributed by atoms with Crippen LogP contribution in [0.4, 0.5) is 0 Å². The third kappa shape index (κ3) is 2.82. The van der Waals surface area contributed by atoms with Crippen LogP contribution >= 0.6 is 0 Å². The molecular formula is C9H16N4O3S. The quantitative estimate of drug-likeness (QED) is 0.714. The molecule has 2 rings (SSSR count). The van der Waals surface area contributed by atoms with E-state index in [-0.39, 0.29) is 6.54 Å². The van der Waals surface area contributed by atoms with Crippen LogP contribution in [-0.4, -0.2) is 54.0 Å². The highest BCUT2D eigenvalue weighted by Gasteiger charge is 2.19. The van der Waals surface area contributed by atoms with Gasteiger partial charge in [0.25, 0.3) is 0 Å². The third-order valence-electron chi connectivity index (χ3n) is 2.76. The summed E-state index contributed by atoms with van der Waals surface area (Å²) in [6.45, 7) is 2.17. The molecule has 0 amide bonds. The van der Waals surface area contributed by atoms with E-state index in [4.69, 9.17) is 4.74 Å². The van der Waals surface area contributed by atoms with E-state index in [1.165, 1.54) is 17.6 Å². The zero-order chi connectivity index (χ0) is 12.5. The summed E-state index contributed by atoms with van der Waals surface area (Å²) in [5.74, 6) is 1.53. The summed E-state index contributed by atoms with van der Waals surface area (Å²) in [5, 5.41) is 8.11. The van der Waals surface area contributed by atoms with Crippen LogP contribution < -0.4 is 0 Å². The second kappa shape index (κ2) is 4.71. The molecule has 2 heterocycles. The average Bonchev–Trinajstić information content (AvgIpc) is 2.48. The summed E-state index contributed by atoms with van der Waals surface area (Å²) in [5.41, 5.74) is 0. The van der Waals surface area contributed by atoms with Crippen molar-refractivity contribution in [3.8, 4) is 0 Å². The van der Waals surface area contributed by atoms with Crippen molar-refractivity contribution in [3.05, 3.63) is 11.6 Å². The summed E-state index contributed by atoms with van der Waals surface area (Å²) >= 11 is 0. The molecule has 1 aromatic rings. The van der Waals surface area contributed by atoms with Gasteiger partial charge in [0.15, 0.2) is 0 Å². The lowest BCUT2D eigenvalue weighted by Gasteiger charge is -2.14. The molecule has 0 saturated carbocycles. The molecule has 0 aromatic carbocycles. The van der Waals surface area contributed by atoms with Crippen molar-refractivity contribution >= 4 is 10.0 Å². The molecule has 0 fully saturated rings. The maximum absolute atomic E-state index is 11.3. The Kier molecular flexibility index (Phi) is 3.45. The van der Waals surface area contributed by atoms with Gasteiger partial charge in [-0.1, -0.05) is 0 Å². The third-order valence-corrected chi connectivity index (χ3v) is 4.02. The number of hydrogen-bond acceptors (Lipinski definition) is 5. The standard InChI is InChI=1S/C9H16N4O3S/c1-12(17(2,14)15)7-9-11-10-8-3-5-16-6-4-13(8)9/h3-7H2,1-2H3. The van der Waals surface area contributed by atoms with E-state index in [1.54, 1.807) is 0 Å². The molecule has 0 radical (unpaired) electrons. The van der Waals surface area contributed by atoms with E-state index < -0.39 is 10.0 Å². The molecule has 0 saturated heterocycles. The molecule has 1 aromatic heterocycles. The molecule has 0 N–H and O–H groups in total. The van der Waals surface area contributed by atoms with E-state index in [1.807, 2.05) is 4.57 Å². The number of hydrogen-bond donors (Lipinski definition) is 0. The normalized spacial score (nSPS) is 16.9. The van der Waals surface area contributed by atoms with Gasteiger partial charge in [-0.2, -0.15) is 4.31 Å². The predicted octanol–water partition coefficient (Wildman–Crippen LogP) is -0.758. The second-order valence-corrected chi connectivity index (χ2v) is 6.15. The Bertz CT molecular complexity index is 496. The molecule has 1 aliphatic heterocycles. The lowest BCUT2D eigenvalue weighted by atomic mass is 10.4. The molecule has 17 heavy (non-hydrogen) atoms. The van der Waals surface area contributed by atoms with Crippen molar-refractivity contribution in [3.63, 3.8) is 0 Å². The highest BCUT2D eigenvalue weighted by molar-refractivity contribution is 7.88. The van der Waals surface area contributed by atoms with Crippen LogP contribution in [0.5, 0.6) is 0 Å². The van der Waals surface area contributed by atoms with Gasteiger partial charge < -0.3 is 9.30 Å². The van der Waals surface area contributed by atoms with Gasteiger partial charge in [-0.3, -0.25) is 0 Å². The minimum absolute atomic E-state index is 0.242. The molecule has 8 heteroatoms. The van der Waals surface area contributed by atoms with Gasteiger partial charge in [0.05, 0.1) is 26.0 Å². The first kappa shape index (κ1) is 12.5. The highest BCUT2D eigenvalue weighted by atomic mass is 32.2. The Balaban J connectivity index is 2.20. The van der Waals surface area contributed by atoms with E-state index in [9.17, 15) is 8.42 Å². The second-order valence-electron chi connectivity index (χ2n) is 4.07. The Morgan fingerprint density at radius 1 is 1.41 bits per heavy atom. The van der Waals surface area contributed by atoms with Gasteiger partial charge in [0.1, 0.15) is 11.6 Å². The summed E-state index contributed by atoms with van der Waals surface area (Å²) in [6.07, 6.45) is 1.89. The van der Waals surface area contributed by atoms with Crippen molar-refractivity contribution < 1.29 is 13.2 Å².